The van der Waals surface area contributed by atoms with Crippen molar-refractivity contribution in [2.24, 2.45) is 5.92 Å². The average Bonchev–Trinajstić information content (AvgIpc) is 2.25. The molecule has 6 heteroatoms. The third kappa shape index (κ3) is 5.09. The third-order valence-electron chi connectivity index (χ3n) is 2.59. The van der Waals surface area contributed by atoms with E-state index in [0.717, 1.165) is 11.1 Å². The fourth-order valence-electron chi connectivity index (χ4n) is 1.86. The molecule has 0 heterocycles. The maximum Gasteiger partial charge on any atom is 0.232 e. The van der Waals surface area contributed by atoms with E-state index >= 15 is 0 Å². The van der Waals surface area contributed by atoms with Crippen molar-refractivity contribution in [2.45, 2.75) is 20.8 Å². The molecule has 1 atom stereocenters. The number of ether oxygens (including phenoxy) is 1. The highest BCUT2D eigenvalue weighted by Crippen LogP contribution is 2.25. The van der Waals surface area contributed by atoms with Crippen LogP contribution in [0.15, 0.2) is 12.1 Å². The lowest BCUT2D eigenvalue weighted by molar-refractivity contribution is 0.269. The van der Waals surface area contributed by atoms with Crippen LogP contribution in [-0.2, 0) is 9.05 Å². The Morgan fingerprint density at radius 1 is 1.37 bits per heavy atom. The second-order valence-electron chi connectivity index (χ2n) is 4.67. The predicted molar refractivity (Wildman–Crippen MR) is 74.9 cm³/mol. The Morgan fingerprint density at radius 3 is 2.32 bits per heavy atom. The molecule has 0 saturated heterocycles. The summed E-state index contributed by atoms with van der Waals surface area (Å²) in [6, 6.07) is 5.56. The summed E-state index contributed by atoms with van der Waals surface area (Å²) < 4.78 is 27.5. The summed E-state index contributed by atoms with van der Waals surface area (Å²) in [5, 5.41) is 8.85. The van der Waals surface area contributed by atoms with E-state index < -0.39 is 9.05 Å². The highest BCUT2D eigenvalue weighted by molar-refractivity contribution is 8.13. The Kier molecular flexibility index (Phi) is 5.21. The molecule has 4 nitrogen and oxygen atoms in total. The molecule has 1 rings (SSSR count). The lowest BCUT2D eigenvalue weighted by atomic mass is 10.1. The number of rotatable bonds is 5. The second-order valence-corrected chi connectivity index (χ2v) is 7.49. The zero-order valence-corrected chi connectivity index (χ0v) is 12.7. The minimum Gasteiger partial charge on any atom is -0.493 e. The van der Waals surface area contributed by atoms with Gasteiger partial charge in [0.05, 0.1) is 24.0 Å². The van der Waals surface area contributed by atoms with Crippen LogP contribution in [0, 0.1) is 31.1 Å². The smallest absolute Gasteiger partial charge is 0.232 e. The Morgan fingerprint density at radius 2 is 1.89 bits per heavy atom. The van der Waals surface area contributed by atoms with Crippen molar-refractivity contribution in [1.82, 2.24) is 0 Å². The number of nitriles is 1. The van der Waals surface area contributed by atoms with Crippen molar-refractivity contribution in [1.29, 1.82) is 5.26 Å². The van der Waals surface area contributed by atoms with E-state index in [1.807, 2.05) is 13.8 Å². The molecule has 0 bridgehead atoms. The lowest BCUT2D eigenvalue weighted by Gasteiger charge is -2.15. The van der Waals surface area contributed by atoms with Crippen molar-refractivity contribution in [2.75, 3.05) is 12.4 Å². The van der Waals surface area contributed by atoms with E-state index in [1.54, 1.807) is 19.1 Å². The van der Waals surface area contributed by atoms with Crippen molar-refractivity contribution < 1.29 is 13.2 Å². The first-order chi connectivity index (χ1) is 8.73. The van der Waals surface area contributed by atoms with Crippen LogP contribution in [0.4, 0.5) is 0 Å². The molecule has 0 aliphatic carbocycles. The average molecular weight is 302 g/mol. The number of halogens is 1. The zero-order chi connectivity index (χ0) is 14.6. The van der Waals surface area contributed by atoms with E-state index in [4.69, 9.17) is 20.7 Å². The number of aryl methyl sites for hydroxylation is 2. The number of benzene rings is 1. The molecule has 0 amide bonds. The number of hydrogen-bond donors (Lipinski definition) is 0. The molecule has 0 saturated carbocycles. The van der Waals surface area contributed by atoms with E-state index in [1.165, 1.54) is 0 Å². The standard InChI is InChI=1S/C13H16ClNO3S/c1-9(8-19(14,16)17)7-18-13-10(2)4-12(6-15)5-11(13)3/h4-5,9H,7-8H2,1-3H3. The maximum atomic E-state index is 10.9. The first-order valence-corrected chi connectivity index (χ1v) is 8.27. The van der Waals surface area contributed by atoms with Crippen molar-refractivity contribution in [3.63, 3.8) is 0 Å². The lowest BCUT2D eigenvalue weighted by Crippen LogP contribution is -2.17. The van der Waals surface area contributed by atoms with Crippen molar-refractivity contribution >= 4 is 19.7 Å². The van der Waals surface area contributed by atoms with Crippen LogP contribution in [0.5, 0.6) is 5.75 Å². The Bertz CT molecular complexity index is 582. The van der Waals surface area contributed by atoms with Gasteiger partial charge in [0.15, 0.2) is 0 Å². The van der Waals surface area contributed by atoms with Gasteiger partial charge in [-0.3, -0.25) is 0 Å². The number of hydrogen-bond acceptors (Lipinski definition) is 4. The normalized spacial score (nSPS) is 12.8. The van der Waals surface area contributed by atoms with Gasteiger partial charge < -0.3 is 4.74 Å². The highest BCUT2D eigenvalue weighted by atomic mass is 35.7. The minimum absolute atomic E-state index is 0.122. The topological polar surface area (TPSA) is 67.2 Å². The van der Waals surface area contributed by atoms with Crippen LogP contribution in [0.25, 0.3) is 0 Å². The van der Waals surface area contributed by atoms with Crippen LogP contribution in [0.1, 0.15) is 23.6 Å². The van der Waals surface area contributed by atoms with E-state index in [9.17, 15) is 8.42 Å². The summed E-state index contributed by atoms with van der Waals surface area (Å²) in [5.74, 6) is 0.373. The molecule has 0 aliphatic heterocycles. The van der Waals surface area contributed by atoms with Crippen LogP contribution in [-0.4, -0.2) is 20.8 Å². The van der Waals surface area contributed by atoms with Crippen molar-refractivity contribution in [3.05, 3.63) is 28.8 Å². The van der Waals surface area contributed by atoms with Crippen molar-refractivity contribution in [3.8, 4) is 11.8 Å². The van der Waals surface area contributed by atoms with E-state index in [2.05, 4.69) is 6.07 Å². The highest BCUT2D eigenvalue weighted by Gasteiger charge is 2.14. The number of nitrogens with zero attached hydrogens (tertiary/aromatic N) is 1. The van der Waals surface area contributed by atoms with Gasteiger partial charge in [0.2, 0.25) is 9.05 Å². The maximum absolute atomic E-state index is 10.9. The molecule has 1 aromatic rings. The third-order valence-corrected chi connectivity index (χ3v) is 3.93. The molecular weight excluding hydrogens is 286 g/mol. The van der Waals surface area contributed by atoms with Gasteiger partial charge in [0.25, 0.3) is 0 Å². The van der Waals surface area contributed by atoms with Crippen LogP contribution in [0.3, 0.4) is 0 Å². The molecule has 1 aromatic carbocycles. The second kappa shape index (κ2) is 6.27. The summed E-state index contributed by atoms with van der Waals surface area (Å²) in [6.07, 6.45) is 0. The Balaban J connectivity index is 2.77. The first-order valence-electron chi connectivity index (χ1n) is 5.79. The van der Waals surface area contributed by atoms with Crippen LogP contribution < -0.4 is 4.74 Å². The van der Waals surface area contributed by atoms with Gasteiger partial charge in [0, 0.05) is 16.6 Å². The van der Waals surface area contributed by atoms with Gasteiger partial charge in [-0.25, -0.2) is 8.42 Å². The van der Waals surface area contributed by atoms with Gasteiger partial charge in [-0.2, -0.15) is 5.26 Å². The van der Waals surface area contributed by atoms with Gasteiger partial charge in [-0.1, -0.05) is 6.92 Å². The summed E-state index contributed by atoms with van der Waals surface area (Å²) in [7, 11) is 1.68. The van der Waals surface area contributed by atoms with E-state index in [0.29, 0.717) is 11.3 Å². The summed E-state index contributed by atoms with van der Waals surface area (Å²) in [4.78, 5) is 0. The molecule has 0 fully saturated rings. The predicted octanol–water partition coefficient (Wildman–Crippen LogP) is 2.76. The molecule has 0 spiro atoms. The molecule has 1 unspecified atom stereocenters. The van der Waals surface area contributed by atoms with Gasteiger partial charge in [-0.05, 0) is 37.1 Å². The molecule has 19 heavy (non-hydrogen) atoms. The first kappa shape index (κ1) is 15.8. The molecule has 104 valence electrons. The molecule has 0 aromatic heterocycles. The summed E-state index contributed by atoms with van der Waals surface area (Å²) in [5.41, 5.74) is 2.30. The van der Waals surface area contributed by atoms with Gasteiger partial charge >= 0.3 is 0 Å². The molecular formula is C13H16ClNO3S. The summed E-state index contributed by atoms with van der Waals surface area (Å²) in [6.45, 7) is 5.73. The fraction of sp³-hybridized carbons (Fsp3) is 0.462. The minimum atomic E-state index is -3.51. The SMILES string of the molecule is Cc1cc(C#N)cc(C)c1OCC(C)CS(=O)(=O)Cl. The van der Waals surface area contributed by atoms with Crippen LogP contribution >= 0.6 is 10.7 Å². The van der Waals surface area contributed by atoms with Gasteiger partial charge in [0.1, 0.15) is 5.75 Å². The molecule has 0 radical (unpaired) electrons. The summed E-state index contributed by atoms with van der Waals surface area (Å²) >= 11 is 0. The molecule has 0 aliphatic rings. The Hall–Kier alpha value is -1.25. The quantitative estimate of drug-likeness (QED) is 0.784. The van der Waals surface area contributed by atoms with E-state index in [-0.39, 0.29) is 18.3 Å². The largest absolute Gasteiger partial charge is 0.493 e. The zero-order valence-electron chi connectivity index (χ0n) is 11.1. The Labute approximate surface area is 118 Å². The van der Waals surface area contributed by atoms with Gasteiger partial charge in [-0.15, -0.1) is 0 Å². The fourth-order valence-corrected chi connectivity index (χ4v) is 3.28. The van der Waals surface area contributed by atoms with Crippen LogP contribution in [0.2, 0.25) is 0 Å². The monoisotopic (exact) mass is 301 g/mol. The molecule has 0 N–H and O–H groups in total.